The van der Waals surface area contributed by atoms with Gasteiger partial charge in [0, 0.05) is 5.39 Å². The molecule has 0 saturated heterocycles. The predicted octanol–water partition coefficient (Wildman–Crippen LogP) is 0.365. The largest absolute Gasteiger partial charge is 0.381 e. The Labute approximate surface area is 109 Å². The Bertz CT molecular complexity index is 663. The summed E-state index contributed by atoms with van der Waals surface area (Å²) in [5.74, 6) is -0.506. The fourth-order valence-electron chi connectivity index (χ4n) is 1.63. The van der Waals surface area contributed by atoms with Crippen LogP contribution in [0.4, 0.5) is 5.82 Å². The molecule has 0 aliphatic carbocycles. The molecule has 2 aromatic rings. The quantitative estimate of drug-likeness (QED) is 0.731. The molecule has 2 rings (SSSR count). The molecule has 1 amide bonds. The van der Waals surface area contributed by atoms with E-state index >= 15 is 0 Å². The zero-order chi connectivity index (χ0) is 13.8. The summed E-state index contributed by atoms with van der Waals surface area (Å²) >= 11 is 0. The molecular formula is C13H12N4O2. The lowest BCUT2D eigenvalue weighted by molar-refractivity contribution is -0.125. The lowest BCUT2D eigenvalue weighted by atomic mass is 10.1. The number of carbonyl (C=O) groups is 1. The number of nitrogens with two attached hydrogens (primary N) is 1. The van der Waals surface area contributed by atoms with Gasteiger partial charge in [-0.3, -0.25) is 4.79 Å². The molecule has 6 heteroatoms. The molecule has 0 fully saturated rings. The van der Waals surface area contributed by atoms with E-state index in [2.05, 4.69) is 10.3 Å². The monoisotopic (exact) mass is 256 g/mol. The first-order chi connectivity index (χ1) is 9.11. The topological polar surface area (TPSA) is 112 Å². The van der Waals surface area contributed by atoms with Gasteiger partial charge in [0.1, 0.15) is 18.0 Å². The SMILES string of the molecule is N#Cc1cc2ccccc2nc1NCC(O)C(N)=O. The number of hydrogen-bond acceptors (Lipinski definition) is 5. The Morgan fingerprint density at radius 1 is 1.53 bits per heavy atom. The molecule has 4 N–H and O–H groups in total. The molecular weight excluding hydrogens is 244 g/mol. The third kappa shape index (κ3) is 2.78. The average Bonchev–Trinajstić information content (AvgIpc) is 2.43. The Balaban J connectivity index is 2.31. The number of amides is 1. The highest BCUT2D eigenvalue weighted by molar-refractivity contribution is 5.83. The van der Waals surface area contributed by atoms with Crippen LogP contribution in [0.15, 0.2) is 30.3 Å². The summed E-state index contributed by atoms with van der Waals surface area (Å²) in [6, 6.07) is 11.1. The maximum absolute atomic E-state index is 10.7. The van der Waals surface area contributed by atoms with Gasteiger partial charge in [-0.1, -0.05) is 18.2 Å². The number of rotatable bonds is 4. The molecule has 19 heavy (non-hydrogen) atoms. The number of nitrogens with zero attached hydrogens (tertiary/aromatic N) is 2. The third-order valence-electron chi connectivity index (χ3n) is 2.64. The summed E-state index contributed by atoms with van der Waals surface area (Å²) in [5.41, 5.74) is 6.01. The number of anilines is 1. The van der Waals surface area contributed by atoms with Crippen LogP contribution in [0.3, 0.4) is 0 Å². The van der Waals surface area contributed by atoms with Crippen LogP contribution in [0, 0.1) is 11.3 Å². The van der Waals surface area contributed by atoms with Crippen molar-refractivity contribution in [2.45, 2.75) is 6.10 Å². The molecule has 96 valence electrons. The molecule has 6 nitrogen and oxygen atoms in total. The van der Waals surface area contributed by atoms with Gasteiger partial charge in [-0.2, -0.15) is 5.26 Å². The molecule has 0 spiro atoms. The molecule has 0 aliphatic rings. The maximum atomic E-state index is 10.7. The van der Waals surface area contributed by atoms with Crippen LogP contribution in [0.25, 0.3) is 10.9 Å². The molecule has 1 heterocycles. The van der Waals surface area contributed by atoms with Crippen LogP contribution in [0.2, 0.25) is 0 Å². The number of fused-ring (bicyclic) bond motifs is 1. The van der Waals surface area contributed by atoms with Crippen molar-refractivity contribution in [2.24, 2.45) is 5.73 Å². The minimum Gasteiger partial charge on any atom is -0.381 e. The molecule has 0 saturated carbocycles. The predicted molar refractivity (Wildman–Crippen MR) is 70.1 cm³/mol. The fraction of sp³-hybridized carbons (Fsp3) is 0.154. The van der Waals surface area contributed by atoms with Gasteiger partial charge in [0.05, 0.1) is 17.6 Å². The van der Waals surface area contributed by atoms with Gasteiger partial charge in [-0.15, -0.1) is 0 Å². The van der Waals surface area contributed by atoms with Gasteiger partial charge in [0.2, 0.25) is 5.91 Å². The van der Waals surface area contributed by atoms with Gasteiger partial charge >= 0.3 is 0 Å². The first-order valence-electron chi connectivity index (χ1n) is 5.63. The van der Waals surface area contributed by atoms with E-state index in [-0.39, 0.29) is 6.54 Å². The van der Waals surface area contributed by atoms with Gasteiger partial charge in [0.15, 0.2) is 0 Å². The summed E-state index contributed by atoms with van der Waals surface area (Å²) < 4.78 is 0. The molecule has 0 bridgehead atoms. The van der Waals surface area contributed by atoms with E-state index in [0.717, 1.165) is 10.9 Å². The van der Waals surface area contributed by atoms with E-state index in [1.54, 1.807) is 6.07 Å². The van der Waals surface area contributed by atoms with Crippen LogP contribution in [0.5, 0.6) is 0 Å². The van der Waals surface area contributed by atoms with Crippen LogP contribution in [-0.4, -0.2) is 28.6 Å². The second-order valence-corrected chi connectivity index (χ2v) is 3.99. The molecule has 1 aromatic heterocycles. The number of primary amides is 1. The first-order valence-corrected chi connectivity index (χ1v) is 5.63. The summed E-state index contributed by atoms with van der Waals surface area (Å²) in [7, 11) is 0. The number of benzene rings is 1. The number of carbonyl (C=O) groups excluding carboxylic acids is 1. The van der Waals surface area contributed by atoms with E-state index in [9.17, 15) is 9.90 Å². The number of hydrogen-bond donors (Lipinski definition) is 3. The average molecular weight is 256 g/mol. The van der Waals surface area contributed by atoms with Gasteiger partial charge < -0.3 is 16.2 Å². The number of nitrogens with one attached hydrogen (secondary N) is 1. The van der Waals surface area contributed by atoms with Crippen molar-refractivity contribution in [1.82, 2.24) is 4.98 Å². The molecule has 0 radical (unpaired) electrons. The minimum atomic E-state index is -1.32. The van der Waals surface area contributed by atoms with E-state index in [1.165, 1.54) is 0 Å². The van der Waals surface area contributed by atoms with Gasteiger partial charge in [0.25, 0.3) is 0 Å². The number of para-hydroxylation sites is 1. The second kappa shape index (κ2) is 5.33. The van der Waals surface area contributed by atoms with Crippen LogP contribution >= 0.6 is 0 Å². The Morgan fingerprint density at radius 3 is 2.95 bits per heavy atom. The molecule has 0 aliphatic heterocycles. The van der Waals surface area contributed by atoms with Crippen molar-refractivity contribution < 1.29 is 9.90 Å². The highest BCUT2D eigenvalue weighted by Gasteiger charge is 2.12. The first kappa shape index (κ1) is 12.8. The standard InChI is InChI=1S/C13H12N4O2/c14-6-9-5-8-3-1-2-4-10(8)17-13(9)16-7-11(18)12(15)19/h1-5,11,18H,7H2,(H2,15,19)(H,16,17). The van der Waals surface area contributed by atoms with E-state index in [4.69, 9.17) is 11.0 Å². The van der Waals surface area contributed by atoms with Gasteiger partial charge in [-0.05, 0) is 12.1 Å². The molecule has 1 atom stereocenters. The van der Waals surface area contributed by atoms with E-state index < -0.39 is 12.0 Å². The molecule has 1 unspecified atom stereocenters. The Kier molecular flexibility index (Phi) is 3.59. The van der Waals surface area contributed by atoms with E-state index in [0.29, 0.717) is 11.4 Å². The number of aliphatic hydroxyl groups is 1. The smallest absolute Gasteiger partial charge is 0.248 e. The second-order valence-electron chi connectivity index (χ2n) is 3.99. The highest BCUT2D eigenvalue weighted by Crippen LogP contribution is 2.19. The van der Waals surface area contributed by atoms with Gasteiger partial charge in [-0.25, -0.2) is 4.98 Å². The lowest BCUT2D eigenvalue weighted by Crippen LogP contribution is -2.34. The van der Waals surface area contributed by atoms with Crippen molar-refractivity contribution in [3.05, 3.63) is 35.9 Å². The number of aromatic nitrogens is 1. The minimum absolute atomic E-state index is 0.0879. The van der Waals surface area contributed by atoms with Crippen molar-refractivity contribution >= 4 is 22.6 Å². The number of aliphatic hydroxyl groups excluding tert-OH is 1. The highest BCUT2D eigenvalue weighted by atomic mass is 16.3. The number of pyridine rings is 1. The zero-order valence-corrected chi connectivity index (χ0v) is 10.00. The lowest BCUT2D eigenvalue weighted by Gasteiger charge is -2.11. The van der Waals surface area contributed by atoms with Crippen molar-refractivity contribution in [3.63, 3.8) is 0 Å². The van der Waals surface area contributed by atoms with Crippen molar-refractivity contribution in [1.29, 1.82) is 5.26 Å². The maximum Gasteiger partial charge on any atom is 0.248 e. The molecule has 1 aromatic carbocycles. The number of nitriles is 1. The normalized spacial score (nSPS) is 11.8. The van der Waals surface area contributed by atoms with Crippen LogP contribution in [0.1, 0.15) is 5.56 Å². The van der Waals surface area contributed by atoms with Crippen molar-refractivity contribution in [3.8, 4) is 6.07 Å². The van der Waals surface area contributed by atoms with E-state index in [1.807, 2.05) is 30.3 Å². The Morgan fingerprint density at radius 2 is 2.26 bits per heavy atom. The fourth-order valence-corrected chi connectivity index (χ4v) is 1.63. The summed E-state index contributed by atoms with van der Waals surface area (Å²) in [4.78, 5) is 15.0. The summed E-state index contributed by atoms with van der Waals surface area (Å²) in [5, 5.41) is 22.0. The third-order valence-corrected chi connectivity index (χ3v) is 2.64. The van der Waals surface area contributed by atoms with Crippen LogP contribution < -0.4 is 11.1 Å². The Hall–Kier alpha value is -2.65. The van der Waals surface area contributed by atoms with Crippen molar-refractivity contribution in [2.75, 3.05) is 11.9 Å². The van der Waals surface area contributed by atoms with Crippen LogP contribution in [-0.2, 0) is 4.79 Å². The summed E-state index contributed by atoms with van der Waals surface area (Å²) in [6.07, 6.45) is -1.32. The summed E-state index contributed by atoms with van der Waals surface area (Å²) in [6.45, 7) is -0.0879. The zero-order valence-electron chi connectivity index (χ0n) is 10.00.